The van der Waals surface area contributed by atoms with Crippen LogP contribution in [-0.4, -0.2) is 76.3 Å². The van der Waals surface area contributed by atoms with E-state index in [0.717, 1.165) is 13.2 Å². The van der Waals surface area contributed by atoms with E-state index in [-0.39, 0.29) is 12.3 Å². The Labute approximate surface area is 166 Å². The van der Waals surface area contributed by atoms with Crippen LogP contribution in [0.2, 0.25) is 0 Å². The predicted molar refractivity (Wildman–Crippen MR) is 109 cm³/mol. The molecule has 0 radical (unpaired) electrons. The fourth-order valence-electron chi connectivity index (χ4n) is 1.54. The summed E-state index contributed by atoms with van der Waals surface area (Å²) >= 11 is 0. The number of Topliss-reactive ketones (excluding diaryl/α,β-unsaturated/α-hetero) is 1. The molecule has 0 aliphatic heterocycles. The summed E-state index contributed by atoms with van der Waals surface area (Å²) < 4.78 is 10.7. The number of ketones is 1. The lowest BCUT2D eigenvalue weighted by Gasteiger charge is -2.27. The third-order valence-corrected chi connectivity index (χ3v) is 3.40. The Balaban J connectivity index is -0.000000476. The maximum atomic E-state index is 9.98. The van der Waals surface area contributed by atoms with Crippen LogP contribution < -0.4 is 11.2 Å². The highest BCUT2D eigenvalue weighted by Crippen LogP contribution is 2.06. The topological polar surface area (TPSA) is 103 Å². The van der Waals surface area contributed by atoms with E-state index in [1.54, 1.807) is 0 Å². The molecule has 8 heteroatoms. The van der Waals surface area contributed by atoms with Gasteiger partial charge in [-0.15, -0.1) is 0 Å². The maximum absolute atomic E-state index is 9.98. The Bertz CT molecular complexity index is 318. The van der Waals surface area contributed by atoms with Crippen LogP contribution in [0.1, 0.15) is 48.0 Å². The van der Waals surface area contributed by atoms with Gasteiger partial charge in [-0.1, -0.05) is 34.1 Å². The minimum Gasteiger partial charge on any atom is -0.378 e. The first kappa shape index (κ1) is 30.7. The van der Waals surface area contributed by atoms with Gasteiger partial charge in [-0.3, -0.25) is 9.59 Å². The molecule has 1 atom stereocenters. The Morgan fingerprint density at radius 3 is 1.93 bits per heavy atom. The molecule has 0 aromatic carbocycles. The molecule has 0 aliphatic rings. The van der Waals surface area contributed by atoms with E-state index in [1.165, 1.54) is 13.3 Å². The average molecular weight is 394 g/mol. The number of ether oxygens (including phenoxy) is 2. The van der Waals surface area contributed by atoms with Gasteiger partial charge in [0.25, 0.3) is 0 Å². The lowest BCUT2D eigenvalue weighted by molar-refractivity contribution is -0.118. The van der Waals surface area contributed by atoms with Gasteiger partial charge < -0.3 is 24.5 Å². The summed E-state index contributed by atoms with van der Waals surface area (Å²) in [4.78, 5) is 26.1. The van der Waals surface area contributed by atoms with Gasteiger partial charge in [-0.2, -0.15) is 0 Å². The lowest BCUT2D eigenvalue weighted by atomic mass is 10.1. The van der Waals surface area contributed by atoms with Gasteiger partial charge in [0, 0.05) is 12.6 Å². The molecule has 3 N–H and O–H groups in total. The molecular weight excluding hydrogens is 350 g/mol. The van der Waals surface area contributed by atoms with E-state index in [4.69, 9.17) is 15.4 Å². The van der Waals surface area contributed by atoms with E-state index < -0.39 is 0 Å². The molecule has 0 bridgehead atoms. The van der Waals surface area contributed by atoms with Crippen molar-refractivity contribution in [2.24, 2.45) is 11.8 Å². The fourth-order valence-corrected chi connectivity index (χ4v) is 1.54. The Hall–Kier alpha value is -1.06. The zero-order chi connectivity index (χ0) is 21.5. The van der Waals surface area contributed by atoms with Crippen LogP contribution in [0.3, 0.4) is 0 Å². The predicted octanol–water partition coefficient (Wildman–Crippen LogP) is 1.62. The summed E-state index contributed by atoms with van der Waals surface area (Å²) in [6, 6.07) is 0.580. The third-order valence-electron chi connectivity index (χ3n) is 3.40. The van der Waals surface area contributed by atoms with Gasteiger partial charge >= 0.3 is 0 Å². The summed E-state index contributed by atoms with van der Waals surface area (Å²) in [5, 5.41) is 2.22. The monoisotopic (exact) mass is 393 g/mol. The van der Waals surface area contributed by atoms with Crippen molar-refractivity contribution in [2.75, 3.05) is 53.2 Å². The van der Waals surface area contributed by atoms with E-state index >= 15 is 0 Å². The summed E-state index contributed by atoms with van der Waals surface area (Å²) in [5.41, 5.74) is 0. The van der Waals surface area contributed by atoms with Crippen LogP contribution >= 0.6 is 0 Å². The molecular formula is C19H43N3O5. The maximum Gasteiger partial charge on any atom is 0.207 e. The molecule has 0 aromatic heterocycles. The van der Waals surface area contributed by atoms with Crippen molar-refractivity contribution in [1.29, 1.82) is 0 Å². The van der Waals surface area contributed by atoms with Gasteiger partial charge in [0.15, 0.2) is 0 Å². The van der Waals surface area contributed by atoms with E-state index in [0.29, 0.717) is 44.8 Å². The summed E-state index contributed by atoms with van der Waals surface area (Å²) in [5.74, 6) is 5.49. The summed E-state index contributed by atoms with van der Waals surface area (Å²) in [6.07, 6.45) is 1.75. The van der Waals surface area contributed by atoms with Crippen LogP contribution in [0.4, 0.5) is 0 Å². The number of carbonyl (C=O) groups is 2. The zero-order valence-electron chi connectivity index (χ0n) is 18.5. The highest BCUT2D eigenvalue weighted by Gasteiger charge is 2.11. The second-order valence-electron chi connectivity index (χ2n) is 6.47. The normalized spacial score (nSPS) is 11.2. The second kappa shape index (κ2) is 24.9. The van der Waals surface area contributed by atoms with Crippen LogP contribution in [0.5, 0.6) is 0 Å². The largest absolute Gasteiger partial charge is 0.378 e. The molecule has 27 heavy (non-hydrogen) atoms. The van der Waals surface area contributed by atoms with Gasteiger partial charge in [-0.05, 0) is 26.8 Å². The van der Waals surface area contributed by atoms with Crippen LogP contribution in [0.15, 0.2) is 0 Å². The molecule has 0 fully saturated rings. The van der Waals surface area contributed by atoms with Crippen molar-refractivity contribution in [3.05, 3.63) is 0 Å². The van der Waals surface area contributed by atoms with Crippen molar-refractivity contribution in [3.8, 4) is 0 Å². The average Bonchev–Trinajstić information content (AvgIpc) is 2.62. The van der Waals surface area contributed by atoms with Crippen LogP contribution in [0, 0.1) is 5.92 Å². The Kier molecular flexibility index (Phi) is 28.3. The van der Waals surface area contributed by atoms with Crippen molar-refractivity contribution in [2.45, 2.75) is 54.0 Å². The number of nitrogens with zero attached hydrogens (tertiary/aromatic N) is 1. The Morgan fingerprint density at radius 2 is 1.56 bits per heavy atom. The zero-order valence-corrected chi connectivity index (χ0v) is 18.5. The van der Waals surface area contributed by atoms with Crippen molar-refractivity contribution in [1.82, 2.24) is 10.2 Å². The minimum atomic E-state index is -0.0351. The molecule has 8 nitrogen and oxygen atoms in total. The van der Waals surface area contributed by atoms with Crippen molar-refractivity contribution < 1.29 is 23.9 Å². The highest BCUT2D eigenvalue weighted by molar-refractivity contribution is 5.79. The van der Waals surface area contributed by atoms with E-state index in [9.17, 15) is 9.59 Å². The molecule has 0 heterocycles. The fraction of sp³-hybridized carbons (Fsp3) is 0.895. The highest BCUT2D eigenvalue weighted by atomic mass is 16.6. The summed E-state index contributed by atoms with van der Waals surface area (Å²) in [7, 11) is 2.13. The number of hydrogen-bond donors (Lipinski definition) is 2. The van der Waals surface area contributed by atoms with Crippen LogP contribution in [-0.2, 0) is 23.9 Å². The van der Waals surface area contributed by atoms with Gasteiger partial charge in [0.05, 0.1) is 39.6 Å². The molecule has 0 rings (SSSR count). The second-order valence-corrected chi connectivity index (χ2v) is 6.47. The Morgan fingerprint density at radius 1 is 1.07 bits per heavy atom. The van der Waals surface area contributed by atoms with Crippen molar-refractivity contribution in [3.63, 3.8) is 0 Å². The van der Waals surface area contributed by atoms with Gasteiger partial charge in [-0.25, -0.2) is 5.90 Å². The smallest absolute Gasteiger partial charge is 0.207 e. The molecule has 0 spiro atoms. The van der Waals surface area contributed by atoms with Gasteiger partial charge in [0.2, 0.25) is 6.41 Å². The first-order chi connectivity index (χ1) is 12.8. The number of likely N-dealkylation sites (N-methyl/N-ethyl adjacent to an activating group) is 1. The van der Waals surface area contributed by atoms with E-state index in [2.05, 4.69) is 56.7 Å². The number of hydrogen-bond acceptors (Lipinski definition) is 7. The molecule has 0 aliphatic carbocycles. The van der Waals surface area contributed by atoms with Crippen LogP contribution in [0.25, 0.3) is 0 Å². The summed E-state index contributed by atoms with van der Waals surface area (Å²) in [6.45, 7) is 16.3. The molecule has 0 saturated heterocycles. The molecule has 1 unspecified atom stereocenters. The van der Waals surface area contributed by atoms with E-state index in [1.807, 2.05) is 0 Å². The number of nitrogens with two attached hydrogens (primary N) is 1. The first-order valence-electron chi connectivity index (χ1n) is 9.62. The number of rotatable bonds is 14. The lowest BCUT2D eigenvalue weighted by Crippen LogP contribution is -2.35. The minimum absolute atomic E-state index is 0.0351. The quantitative estimate of drug-likeness (QED) is 0.263. The number of amides is 1. The van der Waals surface area contributed by atoms with Crippen molar-refractivity contribution >= 4 is 12.2 Å². The SMILES string of the molecule is CC(=O)CNC=O.CC(C)C(C)N(C)CCOCCOCCON.CCC. The molecule has 0 aromatic rings. The molecule has 164 valence electrons. The standard InChI is InChI=1S/C12H28N2O3.C4H7NO2.C3H8/c1-11(2)12(3)14(4)5-6-15-7-8-16-9-10-17-13;1-4(7)2-5-3-6;1-3-2/h11-12H,5-10,13H2,1-4H3;3H,2H2,1H3,(H,5,6);3H2,1-2H3. The third kappa shape index (κ3) is 29.9. The number of carbonyl (C=O) groups excluding carboxylic acids is 2. The molecule has 1 amide bonds. The molecule has 0 saturated carbocycles. The number of nitrogens with one attached hydrogen (secondary N) is 1. The first-order valence-corrected chi connectivity index (χ1v) is 9.62. The van der Waals surface area contributed by atoms with Gasteiger partial charge in [0.1, 0.15) is 5.78 Å².